The number of hydrogen-bond acceptors (Lipinski definition) is 1. The summed E-state index contributed by atoms with van der Waals surface area (Å²) in [5.74, 6) is 4.90. The van der Waals surface area contributed by atoms with Crippen molar-refractivity contribution in [1.29, 1.82) is 0 Å². The molecule has 146 valence electrons. The number of rotatable bonds is 9. The molecule has 0 aromatic heterocycles. The van der Waals surface area contributed by atoms with Crippen LogP contribution >= 0.6 is 0 Å². The van der Waals surface area contributed by atoms with Gasteiger partial charge in [-0.15, -0.1) is 0 Å². The average Bonchev–Trinajstić information content (AvgIpc) is 2.68. The highest BCUT2D eigenvalue weighted by atomic mass is 16.5. The summed E-state index contributed by atoms with van der Waals surface area (Å²) in [4.78, 5) is 0. The van der Waals surface area contributed by atoms with Crippen molar-refractivity contribution in [2.45, 2.75) is 96.8 Å². The van der Waals surface area contributed by atoms with E-state index in [-0.39, 0.29) is 0 Å². The normalized spacial score (nSPS) is 28.5. The van der Waals surface area contributed by atoms with Crippen LogP contribution in [0.25, 0.3) is 0 Å². The number of benzene rings is 1. The first-order valence-corrected chi connectivity index (χ1v) is 11.5. The van der Waals surface area contributed by atoms with Crippen molar-refractivity contribution in [3.8, 4) is 5.75 Å². The second-order valence-electron chi connectivity index (χ2n) is 8.98. The van der Waals surface area contributed by atoms with Gasteiger partial charge in [0.15, 0.2) is 0 Å². The van der Waals surface area contributed by atoms with Crippen molar-refractivity contribution in [3.63, 3.8) is 0 Å². The molecule has 1 heteroatoms. The van der Waals surface area contributed by atoms with Gasteiger partial charge in [-0.1, -0.05) is 64.5 Å². The molecule has 2 aliphatic rings. The van der Waals surface area contributed by atoms with E-state index in [1.54, 1.807) is 5.56 Å². The summed E-state index contributed by atoms with van der Waals surface area (Å²) in [5, 5.41) is 0. The zero-order chi connectivity index (χ0) is 18.2. The second-order valence-corrected chi connectivity index (χ2v) is 8.98. The van der Waals surface area contributed by atoms with Gasteiger partial charge in [0, 0.05) is 0 Å². The number of ether oxygens (including phenoxy) is 1. The molecule has 0 N–H and O–H groups in total. The summed E-state index contributed by atoms with van der Waals surface area (Å²) in [6, 6.07) is 9.06. The smallest absolute Gasteiger partial charge is 0.119 e. The fraction of sp³-hybridized carbons (Fsp3) is 0.760. The van der Waals surface area contributed by atoms with E-state index in [4.69, 9.17) is 4.74 Å². The van der Waals surface area contributed by atoms with E-state index < -0.39 is 0 Å². The molecule has 0 amide bonds. The highest BCUT2D eigenvalue weighted by Gasteiger charge is 2.35. The second kappa shape index (κ2) is 10.4. The quantitative estimate of drug-likeness (QED) is 0.411. The largest absolute Gasteiger partial charge is 0.494 e. The highest BCUT2D eigenvalue weighted by molar-refractivity contribution is 5.30. The zero-order valence-corrected chi connectivity index (χ0v) is 17.2. The monoisotopic (exact) mass is 356 g/mol. The molecule has 2 aliphatic carbocycles. The molecule has 4 atom stereocenters. The van der Waals surface area contributed by atoms with Crippen molar-refractivity contribution >= 4 is 0 Å². The third-order valence-corrected chi connectivity index (χ3v) is 7.06. The average molecular weight is 357 g/mol. The highest BCUT2D eigenvalue weighted by Crippen LogP contribution is 2.48. The Bertz CT molecular complexity index is 505. The fourth-order valence-electron chi connectivity index (χ4n) is 5.40. The molecular formula is C25H40O. The van der Waals surface area contributed by atoms with Gasteiger partial charge >= 0.3 is 0 Å². The minimum atomic E-state index is 0.789. The first-order chi connectivity index (χ1) is 12.8. The molecule has 0 aliphatic heterocycles. The lowest BCUT2D eigenvalue weighted by Gasteiger charge is -2.42. The van der Waals surface area contributed by atoms with E-state index >= 15 is 0 Å². The van der Waals surface area contributed by atoms with E-state index in [2.05, 4.69) is 38.1 Å². The van der Waals surface area contributed by atoms with Crippen molar-refractivity contribution in [2.24, 2.45) is 17.8 Å². The van der Waals surface area contributed by atoms with Crippen molar-refractivity contribution in [2.75, 3.05) is 6.61 Å². The molecule has 1 aromatic carbocycles. The van der Waals surface area contributed by atoms with Gasteiger partial charge in [-0.25, -0.2) is 0 Å². The van der Waals surface area contributed by atoms with Crippen molar-refractivity contribution in [1.82, 2.24) is 0 Å². The van der Waals surface area contributed by atoms with Crippen LogP contribution in [0.3, 0.4) is 0 Å². The van der Waals surface area contributed by atoms with Crippen LogP contribution in [0.15, 0.2) is 24.3 Å². The summed E-state index contributed by atoms with van der Waals surface area (Å²) in [6.45, 7) is 5.38. The summed E-state index contributed by atoms with van der Waals surface area (Å²) >= 11 is 0. The molecule has 1 nitrogen and oxygen atoms in total. The molecular weight excluding hydrogens is 316 g/mol. The topological polar surface area (TPSA) is 9.23 Å². The minimum Gasteiger partial charge on any atom is -0.494 e. The van der Waals surface area contributed by atoms with Gasteiger partial charge in [0.1, 0.15) is 5.75 Å². The Kier molecular flexibility index (Phi) is 7.89. The Labute approximate surface area is 161 Å². The summed E-state index contributed by atoms with van der Waals surface area (Å²) in [6.07, 6.45) is 16.9. The zero-order valence-electron chi connectivity index (χ0n) is 17.2. The van der Waals surface area contributed by atoms with E-state index in [0.29, 0.717) is 0 Å². The summed E-state index contributed by atoms with van der Waals surface area (Å²) in [5.41, 5.74) is 1.55. The van der Waals surface area contributed by atoms with Crippen LogP contribution in [0.1, 0.15) is 102 Å². The van der Waals surface area contributed by atoms with Crippen molar-refractivity contribution < 1.29 is 4.74 Å². The van der Waals surface area contributed by atoms with Crippen LogP contribution < -0.4 is 4.74 Å². The van der Waals surface area contributed by atoms with Gasteiger partial charge in [0.25, 0.3) is 0 Å². The SMILES string of the molecule is CCCCC[C@H]1CC[C@@H]2C[C@H](c3ccc(OCCCC)cc3)CC[C@H]2C1. The maximum absolute atomic E-state index is 5.83. The van der Waals surface area contributed by atoms with Crippen LogP contribution in [-0.2, 0) is 0 Å². The van der Waals surface area contributed by atoms with E-state index in [1.165, 1.54) is 70.6 Å². The van der Waals surface area contributed by atoms with Crippen LogP contribution in [0.4, 0.5) is 0 Å². The first-order valence-electron chi connectivity index (χ1n) is 11.5. The number of hydrogen-bond donors (Lipinski definition) is 0. The predicted molar refractivity (Wildman–Crippen MR) is 112 cm³/mol. The summed E-state index contributed by atoms with van der Waals surface area (Å²) in [7, 11) is 0. The van der Waals surface area contributed by atoms with Crippen LogP contribution in [0, 0.1) is 17.8 Å². The molecule has 3 rings (SSSR count). The van der Waals surface area contributed by atoms with Gasteiger partial charge in [-0.2, -0.15) is 0 Å². The molecule has 2 fully saturated rings. The minimum absolute atomic E-state index is 0.789. The molecule has 0 spiro atoms. The van der Waals surface area contributed by atoms with Gasteiger partial charge in [0.05, 0.1) is 6.61 Å². The Morgan fingerprint density at radius 1 is 0.808 bits per heavy atom. The number of unbranched alkanes of at least 4 members (excludes halogenated alkanes) is 3. The van der Waals surface area contributed by atoms with E-state index in [9.17, 15) is 0 Å². The van der Waals surface area contributed by atoms with Crippen LogP contribution in [0.2, 0.25) is 0 Å². The Morgan fingerprint density at radius 3 is 2.31 bits per heavy atom. The van der Waals surface area contributed by atoms with Gasteiger partial charge in [-0.05, 0) is 79.9 Å². The fourth-order valence-corrected chi connectivity index (χ4v) is 5.40. The maximum atomic E-state index is 5.83. The lowest BCUT2D eigenvalue weighted by molar-refractivity contribution is 0.113. The molecule has 0 bridgehead atoms. The van der Waals surface area contributed by atoms with Crippen LogP contribution in [-0.4, -0.2) is 6.61 Å². The molecule has 0 saturated heterocycles. The third-order valence-electron chi connectivity index (χ3n) is 7.06. The predicted octanol–water partition coefficient (Wildman–Crippen LogP) is 7.75. The molecule has 1 aromatic rings. The Morgan fingerprint density at radius 2 is 1.54 bits per heavy atom. The van der Waals surface area contributed by atoms with Crippen LogP contribution in [0.5, 0.6) is 5.75 Å². The molecule has 0 unspecified atom stereocenters. The van der Waals surface area contributed by atoms with Gasteiger partial charge in [-0.3, -0.25) is 0 Å². The van der Waals surface area contributed by atoms with Gasteiger partial charge in [0.2, 0.25) is 0 Å². The number of fused-ring (bicyclic) bond motifs is 1. The lowest BCUT2D eigenvalue weighted by atomic mass is 9.63. The molecule has 2 saturated carbocycles. The lowest BCUT2D eigenvalue weighted by Crippen LogP contribution is -2.30. The molecule has 0 heterocycles. The first kappa shape index (κ1) is 19.8. The van der Waals surface area contributed by atoms with Crippen molar-refractivity contribution in [3.05, 3.63) is 29.8 Å². The summed E-state index contributed by atoms with van der Waals surface area (Å²) < 4.78 is 5.83. The molecule has 0 radical (unpaired) electrons. The van der Waals surface area contributed by atoms with Gasteiger partial charge < -0.3 is 4.74 Å². The van der Waals surface area contributed by atoms with E-state index in [0.717, 1.165) is 42.4 Å². The Balaban J connectivity index is 1.47. The molecule has 26 heavy (non-hydrogen) atoms. The van der Waals surface area contributed by atoms with E-state index in [1.807, 2.05) is 0 Å². The Hall–Kier alpha value is -0.980. The maximum Gasteiger partial charge on any atom is 0.119 e. The standard InChI is InChI=1S/C25H40O/c1-3-5-7-8-20-9-10-24-19-23(12-11-22(24)18-20)21-13-15-25(16-14-21)26-17-6-4-2/h13-16,20,22-24H,3-12,17-19H2,1-2H3/t20-,22-,23+,24+/m0/s1. The third kappa shape index (κ3) is 5.51.